The number of hydrogen-bond acceptors (Lipinski definition) is 2. The fraction of sp³-hybridized carbons (Fsp3) is 0.0690. The SMILES string of the molecule is O=C(O)C1=C(Br)C(c2ccccc2)(c2ccccc2)OC1(c1ccccc1)c1ccccc1. The highest BCUT2D eigenvalue weighted by atomic mass is 79.9. The van der Waals surface area contributed by atoms with Gasteiger partial charge < -0.3 is 9.84 Å². The molecule has 0 amide bonds. The Morgan fingerprint density at radius 2 is 0.879 bits per heavy atom. The molecule has 1 N–H and O–H groups in total. The van der Waals surface area contributed by atoms with Crippen LogP contribution in [0.3, 0.4) is 0 Å². The summed E-state index contributed by atoms with van der Waals surface area (Å²) >= 11 is 3.75. The molecule has 0 bridgehead atoms. The van der Waals surface area contributed by atoms with Crippen LogP contribution in [0.4, 0.5) is 0 Å². The second kappa shape index (κ2) is 8.47. The largest absolute Gasteiger partial charge is 0.478 e. The van der Waals surface area contributed by atoms with Crippen molar-refractivity contribution in [3.8, 4) is 0 Å². The number of ether oxygens (including phenoxy) is 1. The van der Waals surface area contributed by atoms with E-state index in [9.17, 15) is 9.90 Å². The fourth-order valence-electron chi connectivity index (χ4n) is 4.70. The lowest BCUT2D eigenvalue weighted by atomic mass is 9.80. The number of carboxylic acids is 1. The summed E-state index contributed by atoms with van der Waals surface area (Å²) < 4.78 is 7.64. The molecule has 1 heterocycles. The van der Waals surface area contributed by atoms with Crippen LogP contribution in [0.25, 0.3) is 0 Å². The van der Waals surface area contributed by atoms with Crippen molar-refractivity contribution in [1.82, 2.24) is 0 Å². The number of carboxylic acid groups (broad SMARTS) is 1. The molecule has 33 heavy (non-hydrogen) atoms. The molecular weight excluding hydrogens is 476 g/mol. The first-order valence-electron chi connectivity index (χ1n) is 10.7. The molecule has 0 aromatic heterocycles. The zero-order valence-electron chi connectivity index (χ0n) is 17.7. The first-order chi connectivity index (χ1) is 16.1. The van der Waals surface area contributed by atoms with Crippen molar-refractivity contribution >= 4 is 21.9 Å². The fourth-order valence-corrected chi connectivity index (χ4v) is 5.69. The van der Waals surface area contributed by atoms with Crippen LogP contribution in [0, 0.1) is 0 Å². The van der Waals surface area contributed by atoms with Gasteiger partial charge in [-0.15, -0.1) is 0 Å². The normalized spacial score (nSPS) is 16.5. The molecule has 4 aromatic carbocycles. The average Bonchev–Trinajstić information content (AvgIpc) is 3.17. The molecule has 0 radical (unpaired) electrons. The van der Waals surface area contributed by atoms with Gasteiger partial charge in [0.15, 0.2) is 11.2 Å². The number of aliphatic carboxylic acids is 1. The van der Waals surface area contributed by atoms with Gasteiger partial charge in [-0.25, -0.2) is 4.79 Å². The van der Waals surface area contributed by atoms with Crippen molar-refractivity contribution in [1.29, 1.82) is 0 Å². The van der Waals surface area contributed by atoms with Crippen LogP contribution in [0.5, 0.6) is 0 Å². The van der Waals surface area contributed by atoms with Crippen LogP contribution >= 0.6 is 15.9 Å². The Labute approximate surface area is 201 Å². The molecule has 162 valence electrons. The summed E-state index contributed by atoms with van der Waals surface area (Å²) in [4.78, 5) is 13.0. The first kappa shape index (κ1) is 21.4. The topological polar surface area (TPSA) is 46.5 Å². The van der Waals surface area contributed by atoms with E-state index in [0.29, 0.717) is 4.48 Å². The van der Waals surface area contributed by atoms with E-state index in [1.807, 2.05) is 121 Å². The van der Waals surface area contributed by atoms with E-state index in [1.165, 1.54) is 0 Å². The smallest absolute Gasteiger partial charge is 0.336 e. The van der Waals surface area contributed by atoms with Gasteiger partial charge in [-0.3, -0.25) is 0 Å². The van der Waals surface area contributed by atoms with Crippen molar-refractivity contribution < 1.29 is 14.6 Å². The van der Waals surface area contributed by atoms with E-state index in [-0.39, 0.29) is 5.57 Å². The molecule has 0 aliphatic carbocycles. The number of benzene rings is 4. The predicted octanol–water partition coefficient (Wildman–Crippen LogP) is 6.64. The van der Waals surface area contributed by atoms with Crippen LogP contribution in [-0.2, 0) is 20.7 Å². The summed E-state index contributed by atoms with van der Waals surface area (Å²) in [5.41, 5.74) is 0.859. The number of rotatable bonds is 5. The maximum absolute atomic E-state index is 13.0. The van der Waals surface area contributed by atoms with Crippen LogP contribution in [0.15, 0.2) is 131 Å². The van der Waals surface area contributed by atoms with Gasteiger partial charge in [0, 0.05) is 0 Å². The minimum atomic E-state index is -1.33. The second-order valence-corrected chi connectivity index (χ2v) is 8.72. The minimum Gasteiger partial charge on any atom is -0.478 e. The highest BCUT2D eigenvalue weighted by Crippen LogP contribution is 2.60. The van der Waals surface area contributed by atoms with Gasteiger partial charge in [0.1, 0.15) is 0 Å². The van der Waals surface area contributed by atoms with Crippen molar-refractivity contribution in [3.63, 3.8) is 0 Å². The van der Waals surface area contributed by atoms with E-state index in [4.69, 9.17) is 4.74 Å². The standard InChI is InChI=1S/C29H21BrO3/c30-26-25(27(31)32)28(21-13-5-1-6-14-21,22-15-7-2-8-16-22)33-29(26,23-17-9-3-10-18-23)24-19-11-4-12-20-24/h1-20H,(H,31,32). The lowest BCUT2D eigenvalue weighted by Crippen LogP contribution is -2.38. The summed E-state index contributed by atoms with van der Waals surface area (Å²) in [7, 11) is 0. The number of hydrogen-bond donors (Lipinski definition) is 1. The molecule has 0 atom stereocenters. The lowest BCUT2D eigenvalue weighted by Gasteiger charge is -2.38. The maximum atomic E-state index is 13.0. The zero-order valence-corrected chi connectivity index (χ0v) is 19.3. The Kier molecular flexibility index (Phi) is 5.49. The summed E-state index contributed by atoms with van der Waals surface area (Å²) in [6, 6.07) is 38.6. The van der Waals surface area contributed by atoms with Crippen molar-refractivity contribution in [2.24, 2.45) is 0 Å². The van der Waals surface area contributed by atoms with Crippen LogP contribution in [0.1, 0.15) is 22.3 Å². The monoisotopic (exact) mass is 496 g/mol. The molecule has 3 nitrogen and oxygen atoms in total. The van der Waals surface area contributed by atoms with E-state index in [0.717, 1.165) is 22.3 Å². The molecule has 4 heteroatoms. The van der Waals surface area contributed by atoms with Crippen LogP contribution in [-0.4, -0.2) is 11.1 Å². The molecule has 0 saturated heterocycles. The number of carbonyl (C=O) groups is 1. The van der Waals surface area contributed by atoms with Crippen molar-refractivity contribution in [3.05, 3.63) is 154 Å². The third kappa shape index (κ3) is 3.26. The Bertz CT molecular complexity index is 1220. The highest BCUT2D eigenvalue weighted by molar-refractivity contribution is 9.11. The van der Waals surface area contributed by atoms with E-state index in [2.05, 4.69) is 15.9 Å². The minimum absolute atomic E-state index is 0.160. The van der Waals surface area contributed by atoms with Gasteiger partial charge in [-0.1, -0.05) is 137 Å². The first-order valence-corrected chi connectivity index (χ1v) is 11.5. The molecule has 0 spiro atoms. The van der Waals surface area contributed by atoms with Gasteiger partial charge >= 0.3 is 5.97 Å². The number of halogens is 1. The van der Waals surface area contributed by atoms with Crippen LogP contribution < -0.4 is 0 Å². The molecule has 0 unspecified atom stereocenters. The van der Waals surface area contributed by atoms with Gasteiger partial charge in [0.25, 0.3) is 0 Å². The molecular formula is C29H21BrO3. The van der Waals surface area contributed by atoms with E-state index < -0.39 is 17.2 Å². The van der Waals surface area contributed by atoms with Gasteiger partial charge in [0.05, 0.1) is 10.1 Å². The summed E-state index contributed by atoms with van der Waals surface area (Å²) in [5, 5.41) is 10.6. The van der Waals surface area contributed by atoms with Gasteiger partial charge in [-0.05, 0) is 22.3 Å². The third-order valence-electron chi connectivity index (χ3n) is 6.12. The molecule has 4 aromatic rings. The average molecular weight is 497 g/mol. The van der Waals surface area contributed by atoms with Crippen LogP contribution in [0.2, 0.25) is 0 Å². The third-order valence-corrected chi connectivity index (χ3v) is 7.08. The molecule has 0 saturated carbocycles. The second-order valence-electron chi connectivity index (χ2n) is 7.92. The van der Waals surface area contributed by atoms with Crippen molar-refractivity contribution in [2.75, 3.05) is 0 Å². The summed E-state index contributed by atoms with van der Waals surface area (Å²) in [6.45, 7) is 0. The maximum Gasteiger partial charge on any atom is 0.336 e. The summed E-state index contributed by atoms with van der Waals surface area (Å²) in [6.07, 6.45) is 0. The molecule has 1 aliphatic rings. The van der Waals surface area contributed by atoms with E-state index >= 15 is 0 Å². The van der Waals surface area contributed by atoms with Gasteiger partial charge in [-0.2, -0.15) is 0 Å². The lowest BCUT2D eigenvalue weighted by molar-refractivity contribution is -0.136. The summed E-state index contributed by atoms with van der Waals surface area (Å²) in [5.74, 6) is -1.04. The molecule has 1 aliphatic heterocycles. The van der Waals surface area contributed by atoms with E-state index in [1.54, 1.807) is 0 Å². The molecule has 5 rings (SSSR count). The zero-order chi connectivity index (χ0) is 22.9. The predicted molar refractivity (Wildman–Crippen MR) is 132 cm³/mol. The Morgan fingerprint density at radius 1 is 0.576 bits per heavy atom. The quantitative estimate of drug-likeness (QED) is 0.336. The highest BCUT2D eigenvalue weighted by Gasteiger charge is 2.60. The Morgan fingerprint density at radius 3 is 1.18 bits per heavy atom. The Hall–Kier alpha value is -3.47. The van der Waals surface area contributed by atoms with Crippen molar-refractivity contribution in [2.45, 2.75) is 11.2 Å². The Balaban J connectivity index is 1.92. The molecule has 0 fully saturated rings. The van der Waals surface area contributed by atoms with Gasteiger partial charge in [0.2, 0.25) is 0 Å².